The summed E-state index contributed by atoms with van der Waals surface area (Å²) >= 11 is 0. The molecule has 0 radical (unpaired) electrons. The van der Waals surface area contributed by atoms with Crippen LogP contribution in [0.2, 0.25) is 12.6 Å². The Hall–Kier alpha value is -3.21. The van der Waals surface area contributed by atoms with Crippen LogP contribution >= 0.6 is 0 Å². The monoisotopic (exact) mass is 386 g/mol. The van der Waals surface area contributed by atoms with Gasteiger partial charge in [-0.05, 0) is 31.5 Å². The van der Waals surface area contributed by atoms with Crippen LogP contribution in [0.25, 0.3) is 22.6 Å². The molecule has 0 bridgehead atoms. The SMILES string of the molecule is Cc1cn2nc(-c3cc(F)c4nc(C5CCB(C#N)CC5)cn4c3)cc(C)c2n1. The Bertz CT molecular complexity index is 1280. The molecule has 0 aliphatic carbocycles. The molecule has 4 aromatic heterocycles. The average Bonchev–Trinajstić information content (AvgIpc) is 3.31. The Morgan fingerprint density at radius 1 is 1.10 bits per heavy atom. The van der Waals surface area contributed by atoms with Crippen LogP contribution in [0, 0.1) is 30.9 Å². The fourth-order valence-electron chi connectivity index (χ4n) is 4.32. The van der Waals surface area contributed by atoms with Crippen molar-refractivity contribution in [2.75, 3.05) is 0 Å². The molecule has 144 valence electrons. The summed E-state index contributed by atoms with van der Waals surface area (Å²) in [5.74, 6) is 2.28. The highest BCUT2D eigenvalue weighted by Gasteiger charge is 2.27. The van der Waals surface area contributed by atoms with Gasteiger partial charge in [0.2, 0.25) is 0 Å². The lowest BCUT2D eigenvalue weighted by Gasteiger charge is -2.21. The van der Waals surface area contributed by atoms with E-state index >= 15 is 0 Å². The zero-order valence-electron chi connectivity index (χ0n) is 16.4. The van der Waals surface area contributed by atoms with Crippen LogP contribution in [0.15, 0.2) is 30.7 Å². The number of imidazole rings is 2. The second-order valence-electron chi connectivity index (χ2n) is 8.01. The van der Waals surface area contributed by atoms with Gasteiger partial charge in [0, 0.05) is 29.8 Å². The van der Waals surface area contributed by atoms with E-state index in [0.29, 0.717) is 16.9 Å². The third-order valence-corrected chi connectivity index (χ3v) is 5.88. The maximum Gasteiger partial charge on any atom is 0.267 e. The molecule has 0 N–H and O–H groups in total. The molecule has 4 aromatic rings. The number of rotatable bonds is 2. The summed E-state index contributed by atoms with van der Waals surface area (Å²) in [4.78, 5) is 9.03. The first-order chi connectivity index (χ1) is 14.0. The molecule has 0 amide bonds. The lowest BCUT2D eigenvalue weighted by Crippen LogP contribution is -2.18. The number of hydrogen-bond acceptors (Lipinski definition) is 4. The highest BCUT2D eigenvalue weighted by Crippen LogP contribution is 2.33. The number of aromatic nitrogens is 5. The second kappa shape index (κ2) is 6.69. The van der Waals surface area contributed by atoms with Gasteiger partial charge in [-0.15, -0.1) is 0 Å². The van der Waals surface area contributed by atoms with Crippen molar-refractivity contribution in [2.24, 2.45) is 0 Å². The summed E-state index contributed by atoms with van der Waals surface area (Å²) in [6.45, 7) is 4.05. The van der Waals surface area contributed by atoms with Gasteiger partial charge in [-0.3, -0.25) is 0 Å². The largest absolute Gasteiger partial charge is 0.304 e. The molecular formula is C21H20BFN6. The van der Waals surface area contributed by atoms with E-state index in [4.69, 9.17) is 5.26 Å². The molecule has 29 heavy (non-hydrogen) atoms. The zero-order chi connectivity index (χ0) is 20.1. The van der Waals surface area contributed by atoms with Crippen LogP contribution in [0.5, 0.6) is 0 Å². The van der Waals surface area contributed by atoms with Crippen LogP contribution in [0.1, 0.15) is 35.7 Å². The van der Waals surface area contributed by atoms with Gasteiger partial charge in [0.05, 0.1) is 23.3 Å². The Labute approximate surface area is 168 Å². The summed E-state index contributed by atoms with van der Waals surface area (Å²) in [6.07, 6.45) is 9.29. The summed E-state index contributed by atoms with van der Waals surface area (Å²) in [5.41, 5.74) is 5.32. The molecule has 5 heterocycles. The van der Waals surface area contributed by atoms with Gasteiger partial charge >= 0.3 is 0 Å². The van der Waals surface area contributed by atoms with Crippen LogP contribution in [0.3, 0.4) is 0 Å². The highest BCUT2D eigenvalue weighted by molar-refractivity contribution is 6.67. The van der Waals surface area contributed by atoms with Gasteiger partial charge in [-0.25, -0.2) is 24.1 Å². The van der Waals surface area contributed by atoms with Crippen LogP contribution in [0.4, 0.5) is 4.39 Å². The number of hydrogen-bond donors (Lipinski definition) is 0. The van der Waals surface area contributed by atoms with Gasteiger partial charge in [-0.2, -0.15) is 5.10 Å². The van der Waals surface area contributed by atoms with Crippen molar-refractivity contribution in [3.63, 3.8) is 0 Å². The molecule has 0 atom stereocenters. The molecule has 1 saturated heterocycles. The maximum absolute atomic E-state index is 14.9. The van der Waals surface area contributed by atoms with E-state index in [-0.39, 0.29) is 18.4 Å². The quantitative estimate of drug-likeness (QED) is 0.484. The zero-order valence-corrected chi connectivity index (χ0v) is 16.4. The molecule has 0 aromatic carbocycles. The molecule has 1 fully saturated rings. The number of aryl methyl sites for hydroxylation is 2. The van der Waals surface area contributed by atoms with Crippen molar-refractivity contribution in [3.05, 3.63) is 53.5 Å². The van der Waals surface area contributed by atoms with E-state index in [0.717, 1.165) is 48.1 Å². The maximum atomic E-state index is 14.9. The summed E-state index contributed by atoms with van der Waals surface area (Å²) in [7, 11) is 0. The first kappa shape index (κ1) is 17.9. The summed E-state index contributed by atoms with van der Waals surface area (Å²) in [5, 5.41) is 13.7. The molecule has 1 aliphatic heterocycles. The third-order valence-electron chi connectivity index (χ3n) is 5.88. The predicted molar refractivity (Wildman–Crippen MR) is 110 cm³/mol. The Morgan fingerprint density at radius 3 is 2.66 bits per heavy atom. The van der Waals surface area contributed by atoms with Gasteiger partial charge < -0.3 is 4.40 Å². The molecule has 0 saturated carbocycles. The van der Waals surface area contributed by atoms with E-state index in [1.54, 1.807) is 8.92 Å². The van der Waals surface area contributed by atoms with Crippen molar-refractivity contribution in [3.8, 4) is 17.2 Å². The summed E-state index contributed by atoms with van der Waals surface area (Å²) in [6, 6.07) is 3.43. The molecular weight excluding hydrogens is 366 g/mol. The topological polar surface area (TPSA) is 71.3 Å². The lowest BCUT2D eigenvalue weighted by molar-refractivity contribution is 0.597. The van der Waals surface area contributed by atoms with E-state index in [9.17, 15) is 4.39 Å². The fourth-order valence-corrected chi connectivity index (χ4v) is 4.32. The molecule has 1 aliphatic rings. The second-order valence-corrected chi connectivity index (χ2v) is 8.01. The van der Waals surface area contributed by atoms with Crippen molar-refractivity contribution in [2.45, 2.75) is 45.2 Å². The standard InChI is InChI=1S/C21H20BFN6/c1-13-7-18(27-29-9-14(2)25-20(13)29)16-8-17(23)21-26-19(11-28(21)10-16)15-3-5-22(12-24)6-4-15/h7-11,15H,3-6H2,1-2H3. The van der Waals surface area contributed by atoms with Gasteiger partial charge in [0.15, 0.2) is 17.1 Å². The number of fused-ring (bicyclic) bond motifs is 2. The summed E-state index contributed by atoms with van der Waals surface area (Å²) < 4.78 is 18.4. The van der Waals surface area contributed by atoms with Gasteiger partial charge in [0.1, 0.15) is 0 Å². The van der Waals surface area contributed by atoms with Crippen molar-refractivity contribution in [1.82, 2.24) is 24.0 Å². The van der Waals surface area contributed by atoms with E-state index in [1.807, 2.05) is 38.5 Å². The smallest absolute Gasteiger partial charge is 0.267 e. The Kier molecular flexibility index (Phi) is 4.12. The molecule has 8 heteroatoms. The first-order valence-electron chi connectivity index (χ1n) is 9.93. The Morgan fingerprint density at radius 2 is 1.90 bits per heavy atom. The first-order valence-corrected chi connectivity index (χ1v) is 9.93. The van der Waals surface area contributed by atoms with Gasteiger partial charge in [-0.1, -0.05) is 25.5 Å². The Balaban J connectivity index is 1.54. The van der Waals surface area contributed by atoms with Crippen molar-refractivity contribution in [1.29, 1.82) is 5.26 Å². The fraction of sp³-hybridized carbons (Fsp3) is 0.333. The van der Waals surface area contributed by atoms with Crippen LogP contribution < -0.4 is 0 Å². The predicted octanol–water partition coefficient (Wildman–Crippen LogP) is 4.23. The van der Waals surface area contributed by atoms with Crippen molar-refractivity contribution >= 4 is 18.0 Å². The molecule has 0 spiro atoms. The number of nitriles is 1. The van der Waals surface area contributed by atoms with Crippen LogP contribution in [-0.4, -0.2) is 30.7 Å². The minimum atomic E-state index is -0.360. The highest BCUT2D eigenvalue weighted by atomic mass is 19.1. The van der Waals surface area contributed by atoms with Gasteiger partial charge in [0.25, 0.3) is 6.71 Å². The normalized spacial score (nSPS) is 15.3. The number of pyridine rings is 1. The molecule has 0 unspecified atom stereocenters. The lowest BCUT2D eigenvalue weighted by atomic mass is 9.41. The van der Waals surface area contributed by atoms with Crippen molar-refractivity contribution < 1.29 is 4.39 Å². The molecule has 5 rings (SSSR count). The molecule has 6 nitrogen and oxygen atoms in total. The average molecular weight is 386 g/mol. The van der Waals surface area contributed by atoms with Crippen LogP contribution in [-0.2, 0) is 0 Å². The minimum absolute atomic E-state index is 0.141. The van der Waals surface area contributed by atoms with E-state index in [2.05, 4.69) is 21.0 Å². The minimum Gasteiger partial charge on any atom is -0.304 e. The number of halogens is 1. The van der Waals surface area contributed by atoms with E-state index in [1.165, 1.54) is 6.07 Å². The van der Waals surface area contributed by atoms with E-state index < -0.39 is 0 Å². The number of nitrogens with zero attached hydrogens (tertiary/aromatic N) is 6. The third kappa shape index (κ3) is 3.07.